The number of guanidine groups is 1. The van der Waals surface area contributed by atoms with Crippen molar-refractivity contribution in [3.63, 3.8) is 0 Å². The molecule has 4 rings (SSSR count). The number of rotatable bonds is 6. The van der Waals surface area contributed by atoms with Crippen LogP contribution in [-0.2, 0) is 34.5 Å². The summed E-state index contributed by atoms with van der Waals surface area (Å²) in [5.41, 5.74) is 1.23. The minimum Gasteiger partial charge on any atom is -0.381 e. The molecular formula is C22H32ClIN6O2. The Labute approximate surface area is 211 Å². The molecular weight excluding hydrogens is 543 g/mol. The zero-order chi connectivity index (χ0) is 21.7. The van der Waals surface area contributed by atoms with Crippen molar-refractivity contribution in [3.8, 4) is 0 Å². The van der Waals surface area contributed by atoms with Crippen LogP contribution >= 0.6 is 35.6 Å². The molecule has 0 bridgehead atoms. The zero-order valence-electron chi connectivity index (χ0n) is 18.6. The summed E-state index contributed by atoms with van der Waals surface area (Å²) in [6.07, 6.45) is 3.77. The van der Waals surface area contributed by atoms with Crippen LogP contribution in [-0.4, -0.2) is 60.7 Å². The highest BCUT2D eigenvalue weighted by atomic mass is 127. The quantitative estimate of drug-likeness (QED) is 0.314. The van der Waals surface area contributed by atoms with Crippen LogP contribution in [0.3, 0.4) is 0 Å². The second-order valence-corrected chi connectivity index (χ2v) is 8.70. The minimum absolute atomic E-state index is 0. The van der Waals surface area contributed by atoms with Gasteiger partial charge in [-0.3, -0.25) is 4.99 Å². The number of nitrogens with one attached hydrogen (secondary N) is 2. The molecule has 0 amide bonds. The number of benzene rings is 1. The van der Waals surface area contributed by atoms with Gasteiger partial charge in [0.2, 0.25) is 0 Å². The number of methoxy groups -OCH3 is 1. The Bertz CT molecular complexity index is 916. The minimum atomic E-state index is -0.0263. The zero-order valence-corrected chi connectivity index (χ0v) is 21.7. The summed E-state index contributed by atoms with van der Waals surface area (Å²) in [7, 11) is 3.47. The van der Waals surface area contributed by atoms with E-state index in [-0.39, 0.29) is 35.4 Å². The molecule has 1 unspecified atom stereocenters. The number of aromatic nitrogens is 3. The molecule has 0 aliphatic carbocycles. The maximum Gasteiger partial charge on any atom is 0.191 e. The van der Waals surface area contributed by atoms with Gasteiger partial charge in [0.15, 0.2) is 11.8 Å². The summed E-state index contributed by atoms with van der Waals surface area (Å²) in [6, 6.07) is 8.44. The molecule has 0 radical (unpaired) electrons. The Balaban J connectivity index is 0.00000289. The second kappa shape index (κ2) is 11.6. The van der Waals surface area contributed by atoms with E-state index in [1.165, 1.54) is 5.56 Å². The average Bonchev–Trinajstić information content (AvgIpc) is 3.19. The maximum absolute atomic E-state index is 6.30. The van der Waals surface area contributed by atoms with Crippen LogP contribution in [0.5, 0.6) is 0 Å². The molecule has 2 aliphatic heterocycles. The summed E-state index contributed by atoms with van der Waals surface area (Å²) >= 11 is 6.30. The third-order valence-electron chi connectivity index (χ3n) is 6.22. The van der Waals surface area contributed by atoms with Crippen LogP contribution in [0.2, 0.25) is 5.02 Å². The van der Waals surface area contributed by atoms with E-state index in [1.807, 2.05) is 23.9 Å². The van der Waals surface area contributed by atoms with Gasteiger partial charge in [-0.2, -0.15) is 5.10 Å². The van der Waals surface area contributed by atoms with E-state index in [9.17, 15) is 0 Å². The van der Waals surface area contributed by atoms with E-state index >= 15 is 0 Å². The molecule has 2 N–H and O–H groups in total. The first kappa shape index (κ1) is 25.2. The highest BCUT2D eigenvalue weighted by Gasteiger charge is 2.35. The van der Waals surface area contributed by atoms with Crippen molar-refractivity contribution < 1.29 is 9.47 Å². The third-order valence-corrected chi connectivity index (χ3v) is 6.46. The third kappa shape index (κ3) is 5.92. The molecule has 8 nitrogen and oxygen atoms in total. The fraction of sp³-hybridized carbons (Fsp3) is 0.591. The molecule has 1 aromatic carbocycles. The van der Waals surface area contributed by atoms with Crippen LogP contribution < -0.4 is 10.6 Å². The van der Waals surface area contributed by atoms with Crippen LogP contribution in [0, 0.1) is 0 Å². The Hall–Kier alpha value is -1.43. The molecule has 1 aromatic heterocycles. The summed E-state index contributed by atoms with van der Waals surface area (Å²) in [4.78, 5) is 9.02. The summed E-state index contributed by atoms with van der Waals surface area (Å²) < 4.78 is 12.8. The fourth-order valence-electron chi connectivity index (χ4n) is 4.46. The SMILES string of the molecule is CN=C(NCC1(c2cccc(Cl)c2)CCOCC1)NC1CCc2nc(COC)nn2C1.I. The molecule has 0 saturated carbocycles. The van der Waals surface area contributed by atoms with Crippen LogP contribution in [0.15, 0.2) is 29.3 Å². The van der Waals surface area contributed by atoms with Crippen molar-refractivity contribution in [3.05, 3.63) is 46.5 Å². The summed E-state index contributed by atoms with van der Waals surface area (Å²) in [6.45, 7) is 3.48. The fourth-order valence-corrected chi connectivity index (χ4v) is 4.65. The van der Waals surface area contributed by atoms with Gasteiger partial charge >= 0.3 is 0 Å². The number of aryl methyl sites for hydroxylation is 1. The Kier molecular flexibility index (Phi) is 9.15. The smallest absolute Gasteiger partial charge is 0.191 e. The van der Waals surface area contributed by atoms with Gasteiger partial charge in [0.25, 0.3) is 0 Å². The lowest BCUT2D eigenvalue weighted by Crippen LogP contribution is -2.51. The van der Waals surface area contributed by atoms with Gasteiger partial charge in [-0.15, -0.1) is 24.0 Å². The van der Waals surface area contributed by atoms with Crippen molar-refractivity contribution in [1.29, 1.82) is 0 Å². The first-order valence-corrected chi connectivity index (χ1v) is 11.2. The van der Waals surface area contributed by atoms with E-state index in [0.29, 0.717) is 6.61 Å². The summed E-state index contributed by atoms with van der Waals surface area (Å²) in [5, 5.41) is 12.5. The van der Waals surface area contributed by atoms with Crippen LogP contribution in [0.4, 0.5) is 0 Å². The molecule has 10 heteroatoms. The van der Waals surface area contributed by atoms with E-state index in [1.54, 1.807) is 7.11 Å². The van der Waals surface area contributed by atoms with Crippen molar-refractivity contribution in [1.82, 2.24) is 25.4 Å². The highest BCUT2D eigenvalue weighted by molar-refractivity contribution is 14.0. The van der Waals surface area contributed by atoms with Gasteiger partial charge in [0, 0.05) is 56.8 Å². The predicted molar refractivity (Wildman–Crippen MR) is 136 cm³/mol. The lowest BCUT2D eigenvalue weighted by atomic mass is 9.74. The van der Waals surface area contributed by atoms with Gasteiger partial charge in [-0.05, 0) is 37.0 Å². The number of nitrogens with zero attached hydrogens (tertiary/aromatic N) is 4. The number of ether oxygens (including phenoxy) is 2. The van der Waals surface area contributed by atoms with Crippen molar-refractivity contribution >= 4 is 41.5 Å². The molecule has 176 valence electrons. The molecule has 32 heavy (non-hydrogen) atoms. The maximum atomic E-state index is 6.30. The Morgan fingerprint density at radius 1 is 1.38 bits per heavy atom. The highest BCUT2D eigenvalue weighted by Crippen LogP contribution is 2.35. The van der Waals surface area contributed by atoms with Gasteiger partial charge in [0.05, 0.1) is 6.54 Å². The predicted octanol–water partition coefficient (Wildman–Crippen LogP) is 2.92. The number of fused-ring (bicyclic) bond motifs is 1. The Morgan fingerprint density at radius 3 is 2.91 bits per heavy atom. The monoisotopic (exact) mass is 574 g/mol. The molecule has 3 heterocycles. The van der Waals surface area contributed by atoms with Crippen LogP contribution in [0.25, 0.3) is 0 Å². The molecule has 2 aliphatic rings. The van der Waals surface area contributed by atoms with Crippen molar-refractivity contribution in [2.45, 2.75) is 50.3 Å². The number of hydrogen-bond acceptors (Lipinski definition) is 5. The number of aliphatic imine (C=N–C) groups is 1. The largest absolute Gasteiger partial charge is 0.381 e. The lowest BCUT2D eigenvalue weighted by molar-refractivity contribution is 0.0513. The van der Waals surface area contributed by atoms with Gasteiger partial charge < -0.3 is 20.1 Å². The van der Waals surface area contributed by atoms with E-state index < -0.39 is 0 Å². The van der Waals surface area contributed by atoms with E-state index in [4.69, 9.17) is 21.1 Å². The van der Waals surface area contributed by atoms with Gasteiger partial charge in [0.1, 0.15) is 12.4 Å². The molecule has 1 fully saturated rings. The molecule has 1 atom stereocenters. The number of halogens is 2. The van der Waals surface area contributed by atoms with Crippen LogP contribution in [0.1, 0.15) is 36.5 Å². The van der Waals surface area contributed by atoms with Gasteiger partial charge in [-0.1, -0.05) is 23.7 Å². The first-order valence-electron chi connectivity index (χ1n) is 10.8. The normalized spacial score (nSPS) is 20.2. The lowest BCUT2D eigenvalue weighted by Gasteiger charge is -2.38. The molecule has 2 aromatic rings. The van der Waals surface area contributed by atoms with Gasteiger partial charge in [-0.25, -0.2) is 9.67 Å². The molecule has 1 saturated heterocycles. The first-order chi connectivity index (χ1) is 15.1. The summed E-state index contributed by atoms with van der Waals surface area (Å²) in [5.74, 6) is 2.57. The standard InChI is InChI=1S/C22H31ClN6O2.HI/c1-24-21(26-18-6-7-20-27-19(14-30-2)28-29(20)13-18)25-15-22(8-10-31-11-9-22)16-4-3-5-17(23)12-16;/h3-5,12,18H,6-11,13-15H2,1-2H3,(H2,24,25,26);1H. The topological polar surface area (TPSA) is 85.6 Å². The Morgan fingerprint density at radius 2 is 2.19 bits per heavy atom. The second-order valence-electron chi connectivity index (χ2n) is 8.27. The van der Waals surface area contributed by atoms with Crippen molar-refractivity contribution in [2.75, 3.05) is 33.9 Å². The average molecular weight is 575 g/mol. The van der Waals surface area contributed by atoms with Crippen molar-refractivity contribution in [2.24, 2.45) is 4.99 Å². The van der Waals surface area contributed by atoms with E-state index in [2.05, 4.69) is 37.8 Å². The molecule has 0 spiro atoms. The van der Waals surface area contributed by atoms with E-state index in [0.717, 1.165) is 74.6 Å². The number of hydrogen-bond donors (Lipinski definition) is 2.